The Labute approximate surface area is 230 Å². The summed E-state index contributed by atoms with van der Waals surface area (Å²) in [7, 11) is 2.01. The molecule has 3 aromatic heterocycles. The Hall–Kier alpha value is -4.23. The molecule has 4 aromatic rings. The largest absolute Gasteiger partial charge is 0.481 e. The molecule has 2 fully saturated rings. The van der Waals surface area contributed by atoms with E-state index in [0.717, 1.165) is 35.4 Å². The van der Waals surface area contributed by atoms with Gasteiger partial charge in [-0.3, -0.25) is 19.5 Å². The molecule has 6 rings (SSSR count). The summed E-state index contributed by atoms with van der Waals surface area (Å²) in [5, 5.41) is 23.2. The first-order valence-corrected chi connectivity index (χ1v) is 13.4. The van der Waals surface area contributed by atoms with Crippen LogP contribution in [0.3, 0.4) is 0 Å². The van der Waals surface area contributed by atoms with Crippen LogP contribution in [0.2, 0.25) is 0 Å². The van der Waals surface area contributed by atoms with Crippen molar-refractivity contribution in [2.45, 2.75) is 38.3 Å². The highest BCUT2D eigenvalue weighted by Gasteiger charge is 2.55. The fourth-order valence-electron chi connectivity index (χ4n) is 6.14. The summed E-state index contributed by atoms with van der Waals surface area (Å²) in [6.07, 6.45) is 2.69. The molecule has 208 valence electrons. The Morgan fingerprint density at radius 1 is 1.12 bits per heavy atom. The van der Waals surface area contributed by atoms with E-state index in [0.29, 0.717) is 43.0 Å². The number of anilines is 1. The van der Waals surface area contributed by atoms with Crippen LogP contribution >= 0.6 is 0 Å². The van der Waals surface area contributed by atoms with Crippen molar-refractivity contribution >= 4 is 39.9 Å². The standard InChI is InChI=1S/C27H32N10O3/c1-16-3-4-17-13-19(5-6-20(17)30-16)37-24-21(33-34-37)15-29-26(32-24)31-18-7-8-27(14-18,25(39)40)22(23(28)38)36-11-9-35(2)10-12-36/h3-6,13,15,18,22H,7-12,14H2,1-2H3,(H2,28,38)(H,39,40)(H,29,31,32)/t18-,22?,27+/m1/s1. The molecule has 1 unspecified atom stereocenters. The van der Waals surface area contributed by atoms with Crippen molar-refractivity contribution in [2.75, 3.05) is 38.5 Å². The number of hydrogen-bond donors (Lipinski definition) is 3. The van der Waals surface area contributed by atoms with Crippen LogP contribution in [-0.4, -0.2) is 102 Å². The van der Waals surface area contributed by atoms with Crippen molar-refractivity contribution in [3.63, 3.8) is 0 Å². The molecule has 40 heavy (non-hydrogen) atoms. The number of aryl methyl sites for hydroxylation is 1. The number of carboxylic acids is 1. The average molecular weight is 545 g/mol. The van der Waals surface area contributed by atoms with E-state index in [2.05, 4.69) is 35.5 Å². The SMILES string of the molecule is Cc1ccc2cc(-n3nnc4cnc(N[C@@H]5CC[C@@](C(=O)O)(C(C(N)=O)N6CCN(C)CC6)C5)nc43)ccc2n1. The fourth-order valence-corrected chi connectivity index (χ4v) is 6.14. The third kappa shape index (κ3) is 4.60. The number of nitrogens with two attached hydrogens (primary N) is 1. The molecule has 0 spiro atoms. The van der Waals surface area contributed by atoms with Crippen molar-refractivity contribution in [2.24, 2.45) is 11.1 Å². The van der Waals surface area contributed by atoms with Gasteiger partial charge in [-0.2, -0.15) is 9.67 Å². The van der Waals surface area contributed by atoms with E-state index in [1.54, 1.807) is 10.9 Å². The van der Waals surface area contributed by atoms with Gasteiger partial charge >= 0.3 is 5.97 Å². The normalized spacial score (nSPS) is 23.0. The Kier molecular flexibility index (Phi) is 6.55. The molecule has 2 aliphatic rings. The van der Waals surface area contributed by atoms with Gasteiger partial charge in [0.1, 0.15) is 6.04 Å². The van der Waals surface area contributed by atoms with Crippen molar-refractivity contribution in [3.05, 3.63) is 42.2 Å². The zero-order valence-electron chi connectivity index (χ0n) is 22.5. The number of nitrogens with one attached hydrogen (secondary N) is 1. The zero-order valence-corrected chi connectivity index (χ0v) is 22.5. The van der Waals surface area contributed by atoms with E-state index in [1.807, 2.05) is 49.2 Å². The summed E-state index contributed by atoms with van der Waals surface area (Å²) in [4.78, 5) is 43.1. The number of rotatable bonds is 7. The summed E-state index contributed by atoms with van der Waals surface area (Å²) >= 11 is 0. The number of amides is 1. The Morgan fingerprint density at radius 3 is 2.67 bits per heavy atom. The number of hydrogen-bond acceptors (Lipinski definition) is 10. The zero-order chi connectivity index (χ0) is 28.0. The van der Waals surface area contributed by atoms with Crippen molar-refractivity contribution in [1.82, 2.24) is 39.7 Å². The molecule has 1 amide bonds. The van der Waals surface area contributed by atoms with Gasteiger partial charge in [-0.1, -0.05) is 11.3 Å². The van der Waals surface area contributed by atoms with Gasteiger partial charge in [-0.15, -0.1) is 5.10 Å². The van der Waals surface area contributed by atoms with Gasteiger partial charge in [-0.05, 0) is 57.5 Å². The number of likely N-dealkylation sites (N-methyl/N-ethyl adjacent to an activating group) is 1. The molecule has 13 heteroatoms. The van der Waals surface area contributed by atoms with Gasteiger partial charge in [0.25, 0.3) is 0 Å². The minimum absolute atomic E-state index is 0.234. The fraction of sp³-hybridized carbons (Fsp3) is 0.444. The third-order valence-corrected chi connectivity index (χ3v) is 8.25. The minimum Gasteiger partial charge on any atom is -0.481 e. The first-order valence-electron chi connectivity index (χ1n) is 13.4. The smallest absolute Gasteiger partial charge is 0.311 e. The topological polar surface area (TPSA) is 168 Å². The van der Waals surface area contributed by atoms with Crippen LogP contribution < -0.4 is 11.1 Å². The number of carboxylic acid groups (broad SMARTS) is 1. The highest BCUT2D eigenvalue weighted by Crippen LogP contribution is 2.44. The maximum Gasteiger partial charge on any atom is 0.311 e. The van der Waals surface area contributed by atoms with Gasteiger partial charge in [0.2, 0.25) is 11.9 Å². The molecule has 4 N–H and O–H groups in total. The predicted molar refractivity (Wildman–Crippen MR) is 148 cm³/mol. The van der Waals surface area contributed by atoms with Crippen LogP contribution in [0, 0.1) is 12.3 Å². The van der Waals surface area contributed by atoms with Gasteiger partial charge in [0.15, 0.2) is 11.2 Å². The van der Waals surface area contributed by atoms with E-state index < -0.39 is 23.3 Å². The summed E-state index contributed by atoms with van der Waals surface area (Å²) in [5.74, 6) is -1.25. The van der Waals surface area contributed by atoms with E-state index in [-0.39, 0.29) is 12.5 Å². The highest BCUT2D eigenvalue weighted by molar-refractivity contribution is 5.89. The maximum atomic E-state index is 12.7. The summed E-state index contributed by atoms with van der Waals surface area (Å²) < 4.78 is 1.65. The lowest BCUT2D eigenvalue weighted by Gasteiger charge is -2.43. The van der Waals surface area contributed by atoms with Crippen LogP contribution in [0.4, 0.5) is 5.95 Å². The van der Waals surface area contributed by atoms with E-state index in [4.69, 9.17) is 5.73 Å². The van der Waals surface area contributed by atoms with Crippen LogP contribution in [0.5, 0.6) is 0 Å². The van der Waals surface area contributed by atoms with Crippen LogP contribution in [0.25, 0.3) is 27.8 Å². The lowest BCUT2D eigenvalue weighted by atomic mass is 9.76. The Morgan fingerprint density at radius 2 is 1.93 bits per heavy atom. The molecule has 1 aliphatic heterocycles. The highest BCUT2D eigenvalue weighted by atomic mass is 16.4. The van der Waals surface area contributed by atoms with Crippen molar-refractivity contribution < 1.29 is 14.7 Å². The summed E-state index contributed by atoms with van der Waals surface area (Å²) in [6, 6.07) is 8.67. The number of benzene rings is 1. The molecule has 1 saturated carbocycles. The van der Waals surface area contributed by atoms with Crippen LogP contribution in [0.15, 0.2) is 36.5 Å². The predicted octanol–water partition coefficient (Wildman–Crippen LogP) is 1.20. The van der Waals surface area contributed by atoms with Crippen LogP contribution in [-0.2, 0) is 9.59 Å². The minimum atomic E-state index is -1.29. The van der Waals surface area contributed by atoms with Gasteiger partial charge in [-0.25, -0.2) is 4.98 Å². The van der Waals surface area contributed by atoms with Crippen LogP contribution in [0.1, 0.15) is 25.0 Å². The van der Waals surface area contributed by atoms with Gasteiger partial charge in [0, 0.05) is 43.3 Å². The lowest BCUT2D eigenvalue weighted by Crippen LogP contribution is -2.61. The molecule has 1 aliphatic carbocycles. The van der Waals surface area contributed by atoms with Gasteiger partial charge < -0.3 is 21.1 Å². The molecular formula is C27H32N10O3. The van der Waals surface area contributed by atoms with E-state index in [9.17, 15) is 14.7 Å². The van der Waals surface area contributed by atoms with E-state index in [1.165, 1.54) is 0 Å². The molecule has 0 bridgehead atoms. The Balaban J connectivity index is 1.26. The second-order valence-electron chi connectivity index (χ2n) is 10.9. The molecule has 0 radical (unpaired) electrons. The first-order chi connectivity index (χ1) is 19.2. The molecule has 1 aromatic carbocycles. The Bertz CT molecular complexity index is 1600. The second kappa shape index (κ2) is 10.1. The number of piperazine rings is 1. The monoisotopic (exact) mass is 544 g/mol. The molecule has 4 heterocycles. The second-order valence-corrected chi connectivity index (χ2v) is 10.9. The van der Waals surface area contributed by atoms with Gasteiger partial charge in [0.05, 0.1) is 22.8 Å². The number of carbonyl (C=O) groups excluding carboxylic acids is 1. The lowest BCUT2D eigenvalue weighted by molar-refractivity contribution is -0.158. The number of primary amides is 1. The van der Waals surface area contributed by atoms with E-state index >= 15 is 0 Å². The number of aliphatic carboxylic acids is 1. The molecule has 3 atom stereocenters. The quantitative estimate of drug-likeness (QED) is 0.306. The third-order valence-electron chi connectivity index (χ3n) is 8.25. The summed E-state index contributed by atoms with van der Waals surface area (Å²) in [5.41, 5.74) is 8.22. The van der Waals surface area contributed by atoms with Crippen molar-refractivity contribution in [3.8, 4) is 5.69 Å². The average Bonchev–Trinajstić information content (AvgIpc) is 3.54. The summed E-state index contributed by atoms with van der Waals surface area (Å²) in [6.45, 7) is 4.65. The number of nitrogens with zero attached hydrogens (tertiary/aromatic N) is 8. The molecular weight excluding hydrogens is 512 g/mol. The number of fused-ring (bicyclic) bond motifs is 2. The molecule has 13 nitrogen and oxygen atoms in total. The molecule has 1 saturated heterocycles. The first kappa shape index (κ1) is 26.0. The maximum absolute atomic E-state index is 12.7. The number of pyridine rings is 1. The van der Waals surface area contributed by atoms with Crippen molar-refractivity contribution in [1.29, 1.82) is 0 Å². The number of carbonyl (C=O) groups is 2. The number of aromatic nitrogens is 6.